The number of allylic oxidation sites excluding steroid dienone is 1. The number of nitrogens with one attached hydrogen (secondary N) is 1. The molecule has 0 spiro atoms. The molecule has 1 aliphatic rings. The molecule has 1 aliphatic carbocycles. The van der Waals surface area contributed by atoms with E-state index in [0.717, 1.165) is 48.6 Å². The van der Waals surface area contributed by atoms with Crippen LogP contribution >= 0.6 is 22.6 Å². The third-order valence-corrected chi connectivity index (χ3v) is 5.49. The quantitative estimate of drug-likeness (QED) is 0.293. The number of ketones is 1. The smallest absolute Gasteiger partial charge is 0.219 e. The molecule has 1 N–H and O–H groups in total. The lowest BCUT2D eigenvalue weighted by Crippen LogP contribution is -2.25. The first-order chi connectivity index (χ1) is 12.1. The Labute approximate surface area is 166 Å². The minimum Gasteiger partial charge on any atom is -0.372 e. The predicted molar refractivity (Wildman–Crippen MR) is 111 cm³/mol. The first kappa shape index (κ1) is 22.6. The third kappa shape index (κ3) is 9.18. The highest BCUT2D eigenvalue weighted by Crippen LogP contribution is 2.33. The molecule has 0 aromatic carbocycles. The van der Waals surface area contributed by atoms with Crippen molar-refractivity contribution in [2.45, 2.75) is 84.2 Å². The number of hydrogen-bond acceptors (Lipinski definition) is 3. The Bertz CT molecular complexity index is 437. The summed E-state index contributed by atoms with van der Waals surface area (Å²) < 4.78 is 7.07. The molecule has 144 valence electrons. The summed E-state index contributed by atoms with van der Waals surface area (Å²) in [4.78, 5) is 23.7. The number of unbranched alkanes of at least 4 members (excludes halogenated alkanes) is 5. The summed E-state index contributed by atoms with van der Waals surface area (Å²) in [5.74, 6) is 0.399. The van der Waals surface area contributed by atoms with Crippen LogP contribution in [0.15, 0.2) is 9.66 Å². The van der Waals surface area contributed by atoms with E-state index in [-0.39, 0.29) is 23.7 Å². The number of amides is 1. The average molecular weight is 463 g/mol. The van der Waals surface area contributed by atoms with Crippen molar-refractivity contribution in [2.75, 3.05) is 13.2 Å². The molecule has 2 atom stereocenters. The number of ether oxygens (including phenoxy) is 1. The standard InChI is InChI=1S/C20H34INO3/c1-3-5-6-8-11-16-18(23)15-17(21)20(16)25-14-10-7-9-12-19(24)22-13-4-2/h15-16,20H,3-14H2,1-2H3,(H,22,24)/t16-,20+/m0/s1. The van der Waals surface area contributed by atoms with Crippen molar-refractivity contribution in [3.63, 3.8) is 0 Å². The Balaban J connectivity index is 2.19. The van der Waals surface area contributed by atoms with Crippen molar-refractivity contribution in [2.24, 2.45) is 5.92 Å². The summed E-state index contributed by atoms with van der Waals surface area (Å²) >= 11 is 2.25. The van der Waals surface area contributed by atoms with Gasteiger partial charge in [-0.3, -0.25) is 9.59 Å². The second kappa shape index (κ2) is 13.7. The molecule has 0 unspecified atom stereocenters. The maximum absolute atomic E-state index is 12.1. The fourth-order valence-corrected chi connectivity index (χ4v) is 4.00. The fraction of sp³-hybridized carbons (Fsp3) is 0.800. The Morgan fingerprint density at radius 1 is 1.12 bits per heavy atom. The van der Waals surface area contributed by atoms with Crippen LogP contribution in [0.25, 0.3) is 0 Å². The molecule has 5 heteroatoms. The molecule has 0 heterocycles. The average Bonchev–Trinajstić information content (AvgIpc) is 2.86. The Hall–Kier alpha value is -0.430. The van der Waals surface area contributed by atoms with Crippen LogP contribution in [-0.2, 0) is 14.3 Å². The van der Waals surface area contributed by atoms with Gasteiger partial charge in [-0.2, -0.15) is 0 Å². The molecule has 0 radical (unpaired) electrons. The number of halogens is 1. The largest absolute Gasteiger partial charge is 0.372 e. The zero-order valence-corrected chi connectivity index (χ0v) is 18.0. The van der Waals surface area contributed by atoms with Gasteiger partial charge in [0.15, 0.2) is 5.78 Å². The summed E-state index contributed by atoms with van der Waals surface area (Å²) in [6.45, 7) is 5.69. The maximum atomic E-state index is 12.1. The van der Waals surface area contributed by atoms with Crippen molar-refractivity contribution in [3.8, 4) is 0 Å². The van der Waals surface area contributed by atoms with E-state index >= 15 is 0 Å². The summed E-state index contributed by atoms with van der Waals surface area (Å²) in [6.07, 6.45) is 11.8. The Morgan fingerprint density at radius 2 is 1.88 bits per heavy atom. The predicted octanol–water partition coefficient (Wildman–Crippen LogP) is 4.95. The van der Waals surface area contributed by atoms with E-state index in [4.69, 9.17) is 4.74 Å². The minimum absolute atomic E-state index is 0.0172. The van der Waals surface area contributed by atoms with E-state index in [1.54, 1.807) is 6.08 Å². The molecule has 4 nitrogen and oxygen atoms in total. The second-order valence-electron chi connectivity index (χ2n) is 6.84. The van der Waals surface area contributed by atoms with E-state index < -0.39 is 0 Å². The maximum Gasteiger partial charge on any atom is 0.219 e. The van der Waals surface area contributed by atoms with E-state index in [2.05, 4.69) is 41.8 Å². The first-order valence-corrected chi connectivity index (χ1v) is 11.0. The van der Waals surface area contributed by atoms with Crippen LogP contribution in [0.5, 0.6) is 0 Å². The van der Waals surface area contributed by atoms with Crippen LogP contribution < -0.4 is 5.32 Å². The molecule has 0 aromatic heterocycles. The number of hydrogen-bond donors (Lipinski definition) is 1. The number of carbonyl (C=O) groups is 2. The van der Waals surface area contributed by atoms with E-state index in [1.165, 1.54) is 19.3 Å². The van der Waals surface area contributed by atoms with Crippen LogP contribution in [0, 0.1) is 5.92 Å². The van der Waals surface area contributed by atoms with Gasteiger partial charge in [0.25, 0.3) is 0 Å². The molecular formula is C20H34INO3. The van der Waals surface area contributed by atoms with Gasteiger partial charge in [-0.25, -0.2) is 0 Å². The molecule has 25 heavy (non-hydrogen) atoms. The Kier molecular flexibility index (Phi) is 12.4. The zero-order chi connectivity index (χ0) is 18.5. The molecular weight excluding hydrogens is 429 g/mol. The summed E-state index contributed by atoms with van der Waals surface area (Å²) in [5, 5.41) is 2.90. The SMILES string of the molecule is CCCCCC[C@H]1C(=O)C=C(I)[C@@H]1OCCCCCC(=O)NCCC. The molecule has 0 bridgehead atoms. The van der Waals surface area contributed by atoms with E-state index in [0.29, 0.717) is 13.0 Å². The van der Waals surface area contributed by atoms with Gasteiger partial charge >= 0.3 is 0 Å². The van der Waals surface area contributed by atoms with Crippen molar-refractivity contribution < 1.29 is 14.3 Å². The van der Waals surface area contributed by atoms with E-state index in [1.807, 2.05) is 0 Å². The molecule has 0 aromatic rings. The van der Waals surface area contributed by atoms with E-state index in [9.17, 15) is 9.59 Å². The van der Waals surface area contributed by atoms with Gasteiger partial charge in [0.05, 0.1) is 12.0 Å². The monoisotopic (exact) mass is 463 g/mol. The molecule has 1 rings (SSSR count). The van der Waals surface area contributed by atoms with Gasteiger partial charge in [0.2, 0.25) is 5.91 Å². The first-order valence-electron chi connectivity index (χ1n) is 9.89. The molecule has 0 saturated carbocycles. The second-order valence-corrected chi connectivity index (χ2v) is 8.09. The van der Waals surface area contributed by atoms with Gasteiger partial charge in [-0.15, -0.1) is 0 Å². The molecule has 0 fully saturated rings. The summed E-state index contributed by atoms with van der Waals surface area (Å²) in [6, 6.07) is 0. The van der Waals surface area contributed by atoms with Crippen molar-refractivity contribution in [1.82, 2.24) is 5.32 Å². The molecule has 0 saturated heterocycles. The minimum atomic E-state index is -0.0393. The summed E-state index contributed by atoms with van der Waals surface area (Å²) in [5.41, 5.74) is 0. The van der Waals surface area contributed by atoms with Gasteiger partial charge in [0.1, 0.15) is 0 Å². The van der Waals surface area contributed by atoms with Crippen LogP contribution in [0.3, 0.4) is 0 Å². The fourth-order valence-electron chi connectivity index (χ4n) is 3.07. The van der Waals surface area contributed by atoms with Crippen molar-refractivity contribution in [3.05, 3.63) is 9.66 Å². The van der Waals surface area contributed by atoms with Crippen LogP contribution in [0.1, 0.15) is 78.1 Å². The lowest BCUT2D eigenvalue weighted by atomic mass is 9.96. The molecule has 1 amide bonds. The highest BCUT2D eigenvalue weighted by Gasteiger charge is 2.35. The van der Waals surface area contributed by atoms with Gasteiger partial charge in [-0.05, 0) is 54.4 Å². The van der Waals surface area contributed by atoms with Gasteiger partial charge < -0.3 is 10.1 Å². The van der Waals surface area contributed by atoms with Crippen molar-refractivity contribution in [1.29, 1.82) is 0 Å². The van der Waals surface area contributed by atoms with Crippen molar-refractivity contribution >= 4 is 34.3 Å². The van der Waals surface area contributed by atoms with Crippen LogP contribution in [0.2, 0.25) is 0 Å². The van der Waals surface area contributed by atoms with Gasteiger partial charge in [0, 0.05) is 23.2 Å². The van der Waals surface area contributed by atoms with Crippen LogP contribution in [-0.4, -0.2) is 30.9 Å². The van der Waals surface area contributed by atoms with Crippen LogP contribution in [0.4, 0.5) is 0 Å². The van der Waals surface area contributed by atoms with Gasteiger partial charge in [-0.1, -0.05) is 46.0 Å². The zero-order valence-electron chi connectivity index (χ0n) is 15.8. The normalized spacial score (nSPS) is 20.0. The lowest BCUT2D eigenvalue weighted by Gasteiger charge is -2.20. The lowest BCUT2D eigenvalue weighted by molar-refractivity contribution is -0.122. The summed E-state index contributed by atoms with van der Waals surface area (Å²) in [7, 11) is 0. The number of rotatable bonds is 14. The highest BCUT2D eigenvalue weighted by atomic mass is 127. The third-order valence-electron chi connectivity index (χ3n) is 4.57. The Morgan fingerprint density at radius 3 is 2.60 bits per heavy atom. The topological polar surface area (TPSA) is 55.4 Å². The number of carbonyl (C=O) groups excluding carboxylic acids is 2. The highest BCUT2D eigenvalue weighted by molar-refractivity contribution is 14.1. The molecule has 0 aliphatic heterocycles.